The van der Waals surface area contributed by atoms with Crippen molar-refractivity contribution in [1.29, 1.82) is 0 Å². The maximum atomic E-state index is 11.6. The quantitative estimate of drug-likeness (QED) is 0.740. The molecule has 1 aromatic rings. The summed E-state index contributed by atoms with van der Waals surface area (Å²) >= 11 is 0. The molecule has 0 saturated heterocycles. The van der Waals surface area contributed by atoms with E-state index in [1.54, 1.807) is 11.2 Å². The van der Waals surface area contributed by atoms with Crippen LogP contribution in [0.25, 0.3) is 0 Å². The molecule has 1 amide bonds. The summed E-state index contributed by atoms with van der Waals surface area (Å²) in [6, 6.07) is 4.05. The summed E-state index contributed by atoms with van der Waals surface area (Å²) < 4.78 is 5.19. The Balaban J connectivity index is 2.13. The third kappa shape index (κ3) is 4.06. The maximum Gasteiger partial charge on any atom is 0.236 e. The van der Waals surface area contributed by atoms with Gasteiger partial charge in [0.15, 0.2) is 0 Å². The molecule has 90 valence electrons. The van der Waals surface area contributed by atoms with Crippen LogP contribution in [0.1, 0.15) is 19.6 Å². The lowest BCUT2D eigenvalue weighted by atomic mass is 10.3. The zero-order valence-corrected chi connectivity index (χ0v) is 10.2. The molecule has 0 aliphatic rings. The number of carbonyl (C=O) groups is 1. The molecule has 4 nitrogen and oxygen atoms in total. The molecular formula is C12H20N2O2. The number of likely N-dealkylation sites (N-methyl/N-ethyl adjacent to an activating group) is 1. The number of carbonyl (C=O) groups excluding carboxylic acids is 1. The van der Waals surface area contributed by atoms with Crippen molar-refractivity contribution in [2.45, 2.75) is 26.3 Å². The highest BCUT2D eigenvalue weighted by Gasteiger charge is 2.10. The second-order valence-corrected chi connectivity index (χ2v) is 4.10. The number of rotatable bonds is 6. The van der Waals surface area contributed by atoms with E-state index < -0.39 is 0 Å². The summed E-state index contributed by atoms with van der Waals surface area (Å²) in [7, 11) is 1.82. The molecule has 0 fully saturated rings. The number of nitrogens with zero attached hydrogens (tertiary/aromatic N) is 1. The van der Waals surface area contributed by atoms with Gasteiger partial charge in [-0.05, 0) is 26.0 Å². The van der Waals surface area contributed by atoms with Crippen LogP contribution in [0.5, 0.6) is 0 Å². The van der Waals surface area contributed by atoms with Crippen molar-refractivity contribution in [1.82, 2.24) is 10.2 Å². The Morgan fingerprint density at radius 1 is 1.56 bits per heavy atom. The maximum absolute atomic E-state index is 11.6. The van der Waals surface area contributed by atoms with Crippen LogP contribution in [-0.2, 0) is 11.2 Å². The first-order valence-electron chi connectivity index (χ1n) is 5.60. The fraction of sp³-hybridized carbons (Fsp3) is 0.583. The van der Waals surface area contributed by atoms with Gasteiger partial charge in [0, 0.05) is 26.1 Å². The summed E-state index contributed by atoms with van der Waals surface area (Å²) in [5, 5.41) is 3.11. The van der Waals surface area contributed by atoms with Gasteiger partial charge in [-0.25, -0.2) is 0 Å². The lowest BCUT2D eigenvalue weighted by molar-refractivity contribution is -0.130. The van der Waals surface area contributed by atoms with Crippen LogP contribution >= 0.6 is 0 Å². The first-order valence-corrected chi connectivity index (χ1v) is 5.60. The Morgan fingerprint density at radius 3 is 2.88 bits per heavy atom. The van der Waals surface area contributed by atoms with Gasteiger partial charge in [0.2, 0.25) is 5.91 Å². The van der Waals surface area contributed by atoms with E-state index >= 15 is 0 Å². The molecule has 4 heteroatoms. The molecule has 0 aliphatic carbocycles. The SMILES string of the molecule is CC(C)N(C)C(=O)CNCCc1ccco1. The molecule has 1 N–H and O–H groups in total. The van der Waals surface area contributed by atoms with Crippen molar-refractivity contribution in [2.24, 2.45) is 0 Å². The van der Waals surface area contributed by atoms with E-state index in [9.17, 15) is 4.79 Å². The van der Waals surface area contributed by atoms with Gasteiger partial charge < -0.3 is 14.6 Å². The fourth-order valence-corrected chi connectivity index (χ4v) is 1.27. The lowest BCUT2D eigenvalue weighted by Gasteiger charge is -2.21. The second kappa shape index (κ2) is 6.33. The summed E-state index contributed by atoms with van der Waals surface area (Å²) in [4.78, 5) is 13.3. The molecule has 0 bridgehead atoms. The van der Waals surface area contributed by atoms with Gasteiger partial charge in [0.1, 0.15) is 5.76 Å². The molecule has 1 heterocycles. The first kappa shape index (κ1) is 12.8. The van der Waals surface area contributed by atoms with E-state index in [2.05, 4.69) is 5.32 Å². The standard InChI is InChI=1S/C12H20N2O2/c1-10(2)14(3)12(15)9-13-7-6-11-5-4-8-16-11/h4-5,8,10,13H,6-7,9H2,1-3H3. The third-order valence-electron chi connectivity index (χ3n) is 2.57. The van der Waals surface area contributed by atoms with Crippen molar-refractivity contribution in [3.05, 3.63) is 24.2 Å². The van der Waals surface area contributed by atoms with Crippen molar-refractivity contribution in [3.63, 3.8) is 0 Å². The molecular weight excluding hydrogens is 204 g/mol. The van der Waals surface area contributed by atoms with Gasteiger partial charge in [0.05, 0.1) is 12.8 Å². The smallest absolute Gasteiger partial charge is 0.236 e. The predicted octanol–water partition coefficient (Wildman–Crippen LogP) is 1.28. The predicted molar refractivity (Wildman–Crippen MR) is 63.2 cm³/mol. The minimum absolute atomic E-state index is 0.120. The molecule has 0 aromatic carbocycles. The number of amides is 1. The molecule has 0 unspecified atom stereocenters. The van der Waals surface area contributed by atoms with E-state index in [1.807, 2.05) is 33.0 Å². The highest BCUT2D eigenvalue weighted by molar-refractivity contribution is 5.78. The zero-order chi connectivity index (χ0) is 12.0. The molecule has 0 atom stereocenters. The lowest BCUT2D eigenvalue weighted by Crippen LogP contribution is -2.39. The number of hydrogen-bond acceptors (Lipinski definition) is 3. The second-order valence-electron chi connectivity index (χ2n) is 4.10. The van der Waals surface area contributed by atoms with Crippen LogP contribution < -0.4 is 5.32 Å². The topological polar surface area (TPSA) is 45.5 Å². The van der Waals surface area contributed by atoms with E-state index in [0.717, 1.165) is 18.7 Å². The number of furan rings is 1. The van der Waals surface area contributed by atoms with Crippen molar-refractivity contribution in [2.75, 3.05) is 20.1 Å². The molecule has 0 spiro atoms. The number of hydrogen-bond donors (Lipinski definition) is 1. The Kier molecular flexibility index (Phi) is 5.05. The van der Waals surface area contributed by atoms with Gasteiger partial charge in [-0.2, -0.15) is 0 Å². The van der Waals surface area contributed by atoms with Gasteiger partial charge in [-0.3, -0.25) is 4.79 Å². The Bertz CT molecular complexity index is 307. The molecule has 1 aromatic heterocycles. The van der Waals surface area contributed by atoms with Gasteiger partial charge >= 0.3 is 0 Å². The van der Waals surface area contributed by atoms with E-state index in [-0.39, 0.29) is 11.9 Å². The summed E-state index contributed by atoms with van der Waals surface area (Å²) in [5.74, 6) is 1.06. The average Bonchev–Trinajstić information content (AvgIpc) is 2.75. The Hall–Kier alpha value is -1.29. The molecule has 0 saturated carbocycles. The Morgan fingerprint density at radius 2 is 2.31 bits per heavy atom. The highest BCUT2D eigenvalue weighted by atomic mass is 16.3. The van der Waals surface area contributed by atoms with E-state index in [1.165, 1.54) is 0 Å². The van der Waals surface area contributed by atoms with Crippen LogP contribution in [0.15, 0.2) is 22.8 Å². The molecule has 0 aliphatic heterocycles. The van der Waals surface area contributed by atoms with E-state index in [0.29, 0.717) is 6.54 Å². The van der Waals surface area contributed by atoms with Gasteiger partial charge in [-0.15, -0.1) is 0 Å². The largest absolute Gasteiger partial charge is 0.469 e. The van der Waals surface area contributed by atoms with Crippen molar-refractivity contribution in [3.8, 4) is 0 Å². The summed E-state index contributed by atoms with van der Waals surface area (Å²) in [6.07, 6.45) is 2.47. The summed E-state index contributed by atoms with van der Waals surface area (Å²) in [5.41, 5.74) is 0. The first-order chi connectivity index (χ1) is 7.61. The zero-order valence-electron chi connectivity index (χ0n) is 10.2. The van der Waals surface area contributed by atoms with Crippen molar-refractivity contribution >= 4 is 5.91 Å². The Labute approximate surface area is 96.6 Å². The molecule has 1 rings (SSSR count). The van der Waals surface area contributed by atoms with Crippen LogP contribution in [0.4, 0.5) is 0 Å². The van der Waals surface area contributed by atoms with Crippen LogP contribution in [0.3, 0.4) is 0 Å². The van der Waals surface area contributed by atoms with Gasteiger partial charge in [-0.1, -0.05) is 0 Å². The molecule has 0 radical (unpaired) electrons. The molecule has 16 heavy (non-hydrogen) atoms. The van der Waals surface area contributed by atoms with Gasteiger partial charge in [0.25, 0.3) is 0 Å². The average molecular weight is 224 g/mol. The minimum atomic E-state index is 0.120. The highest BCUT2D eigenvalue weighted by Crippen LogP contribution is 1.99. The van der Waals surface area contributed by atoms with Crippen LogP contribution in [-0.4, -0.2) is 37.0 Å². The monoisotopic (exact) mass is 224 g/mol. The normalized spacial score (nSPS) is 10.8. The van der Waals surface area contributed by atoms with Crippen molar-refractivity contribution < 1.29 is 9.21 Å². The number of nitrogens with one attached hydrogen (secondary N) is 1. The van der Waals surface area contributed by atoms with Crippen LogP contribution in [0.2, 0.25) is 0 Å². The fourth-order valence-electron chi connectivity index (χ4n) is 1.27. The third-order valence-corrected chi connectivity index (χ3v) is 2.57. The summed E-state index contributed by atoms with van der Waals surface area (Å²) in [6.45, 7) is 5.14. The minimum Gasteiger partial charge on any atom is -0.469 e. The van der Waals surface area contributed by atoms with Crippen LogP contribution in [0, 0.1) is 0 Å². The van der Waals surface area contributed by atoms with E-state index in [4.69, 9.17) is 4.42 Å².